The van der Waals surface area contributed by atoms with Gasteiger partial charge in [0.1, 0.15) is 5.82 Å². The molecule has 9 nitrogen and oxygen atoms in total. The summed E-state index contributed by atoms with van der Waals surface area (Å²) in [5.41, 5.74) is 3.47. The molecule has 0 unspecified atom stereocenters. The number of anilines is 3. The molecule has 2 aromatic carbocycles. The van der Waals surface area contributed by atoms with Crippen LogP contribution in [-0.2, 0) is 17.8 Å². The van der Waals surface area contributed by atoms with Crippen molar-refractivity contribution in [3.63, 3.8) is 0 Å². The molecule has 2 saturated heterocycles. The number of amides is 1. The van der Waals surface area contributed by atoms with E-state index in [-0.39, 0.29) is 18.4 Å². The third-order valence-corrected chi connectivity index (χ3v) is 9.20. The predicted octanol–water partition coefficient (Wildman–Crippen LogP) is 3.84. The largest absolute Gasteiger partial charge is 0.365 e. The summed E-state index contributed by atoms with van der Waals surface area (Å²) in [7, 11) is 4.30. The molecule has 1 aromatic heterocycles. The Balaban J connectivity index is 1.36. The molecule has 0 radical (unpaired) electrons. The van der Waals surface area contributed by atoms with E-state index in [1.165, 1.54) is 40.9 Å². The summed E-state index contributed by atoms with van der Waals surface area (Å²) < 4.78 is 0. The van der Waals surface area contributed by atoms with E-state index in [1.54, 1.807) is 4.90 Å². The zero-order chi connectivity index (χ0) is 29.2. The molecule has 6 rings (SSSR count). The average molecular weight is 565 g/mol. The van der Waals surface area contributed by atoms with Crippen LogP contribution in [0.4, 0.5) is 17.5 Å². The van der Waals surface area contributed by atoms with E-state index in [1.807, 2.05) is 0 Å². The maximum atomic E-state index is 12.6. The van der Waals surface area contributed by atoms with Crippen molar-refractivity contribution in [2.45, 2.75) is 44.3 Å². The van der Waals surface area contributed by atoms with Crippen LogP contribution >= 0.6 is 0 Å². The summed E-state index contributed by atoms with van der Waals surface area (Å²) in [6, 6.07) is 17.6. The van der Waals surface area contributed by atoms with Crippen LogP contribution in [0.25, 0.3) is 10.8 Å². The predicted molar refractivity (Wildman–Crippen MR) is 168 cm³/mol. The fourth-order valence-electron chi connectivity index (χ4n) is 6.86. The maximum absolute atomic E-state index is 12.6. The number of aromatic nitrogens is 2. The van der Waals surface area contributed by atoms with Gasteiger partial charge < -0.3 is 24.5 Å². The minimum absolute atomic E-state index is 0.119. The number of likely N-dealkylation sites (N-methyl/N-ethyl adjacent to an activating group) is 2. The Hall–Kier alpha value is -4.16. The molecule has 3 aromatic rings. The molecule has 3 aliphatic rings. The van der Waals surface area contributed by atoms with Crippen LogP contribution in [0.2, 0.25) is 0 Å². The molecule has 0 N–H and O–H groups in total. The molecular weight excluding hydrogens is 524 g/mol. The third-order valence-electron chi connectivity index (χ3n) is 9.20. The number of nitriles is 1. The molecule has 0 spiro atoms. The lowest BCUT2D eigenvalue weighted by molar-refractivity contribution is -0.128. The van der Waals surface area contributed by atoms with Gasteiger partial charge in [-0.05, 0) is 50.4 Å². The van der Waals surface area contributed by atoms with E-state index in [0.29, 0.717) is 32.2 Å². The second kappa shape index (κ2) is 12.0. The van der Waals surface area contributed by atoms with Gasteiger partial charge in [0.05, 0.1) is 30.8 Å². The van der Waals surface area contributed by atoms with Crippen LogP contribution in [-0.4, -0.2) is 91.1 Å². The van der Waals surface area contributed by atoms with Crippen LogP contribution in [0.15, 0.2) is 55.1 Å². The minimum atomic E-state index is -0.205. The molecular formula is C33H40N8O. The van der Waals surface area contributed by atoms with Crippen molar-refractivity contribution >= 4 is 34.1 Å². The van der Waals surface area contributed by atoms with Gasteiger partial charge in [0, 0.05) is 62.5 Å². The number of carbonyl (C=O) groups is 1. The highest BCUT2D eigenvalue weighted by Gasteiger charge is 2.34. The zero-order valence-corrected chi connectivity index (χ0v) is 24.7. The van der Waals surface area contributed by atoms with Crippen molar-refractivity contribution in [1.82, 2.24) is 19.8 Å². The fraction of sp³-hybridized carbons (Fsp3) is 0.455. The van der Waals surface area contributed by atoms with Crippen LogP contribution in [0.1, 0.15) is 30.5 Å². The first kappa shape index (κ1) is 28.0. The number of benzene rings is 2. The van der Waals surface area contributed by atoms with Crippen LogP contribution in [0.3, 0.4) is 0 Å². The first-order chi connectivity index (χ1) is 20.5. The highest BCUT2D eigenvalue weighted by atomic mass is 16.2. The quantitative estimate of drug-likeness (QED) is 0.401. The van der Waals surface area contributed by atoms with Crippen LogP contribution in [0.5, 0.6) is 0 Å². The summed E-state index contributed by atoms with van der Waals surface area (Å²) in [6.07, 6.45) is 4.86. The van der Waals surface area contributed by atoms with Crippen molar-refractivity contribution in [3.05, 3.63) is 66.4 Å². The molecule has 0 aliphatic carbocycles. The number of nitrogens with zero attached hydrogens (tertiary/aromatic N) is 8. The van der Waals surface area contributed by atoms with E-state index in [2.05, 4.69) is 88.8 Å². The number of piperazine rings is 1. The first-order valence-electron chi connectivity index (χ1n) is 15.1. The number of likely N-dealkylation sites (tertiary alicyclic amines) is 1. The summed E-state index contributed by atoms with van der Waals surface area (Å²) in [5, 5.41) is 12.0. The molecule has 3 aliphatic heterocycles. The molecule has 2 atom stereocenters. The van der Waals surface area contributed by atoms with E-state index in [9.17, 15) is 10.1 Å². The standard InChI is InChI=1S/C33H40N8O/c1-4-31(42)41-20-19-40(22-26(41)14-16-34)32-28-15-18-39(30-13-7-10-24-9-5-6-12-27(24)30)23-29(28)35-33(36-32)38(3)21-25-11-8-17-37(25)2/h4-7,9-10,12-13,25-26H,1,8,11,14-15,17-23H2,2-3H3/t25-,26-/m0/s1. The Bertz CT molecular complexity index is 1510. The van der Waals surface area contributed by atoms with Gasteiger partial charge >= 0.3 is 0 Å². The van der Waals surface area contributed by atoms with Gasteiger partial charge in [0.2, 0.25) is 11.9 Å². The number of rotatable bonds is 7. The Kier molecular flexibility index (Phi) is 7.98. The number of hydrogen-bond donors (Lipinski definition) is 0. The summed E-state index contributed by atoms with van der Waals surface area (Å²) in [4.78, 5) is 34.1. The van der Waals surface area contributed by atoms with Crippen molar-refractivity contribution in [3.8, 4) is 6.07 Å². The molecule has 1 amide bonds. The molecule has 0 bridgehead atoms. The van der Waals surface area contributed by atoms with E-state index in [0.717, 1.165) is 43.5 Å². The Labute approximate surface area is 248 Å². The maximum Gasteiger partial charge on any atom is 0.246 e. The van der Waals surface area contributed by atoms with Crippen molar-refractivity contribution in [1.29, 1.82) is 5.26 Å². The van der Waals surface area contributed by atoms with Gasteiger partial charge in [-0.25, -0.2) is 4.98 Å². The van der Waals surface area contributed by atoms with Gasteiger partial charge in [0.25, 0.3) is 0 Å². The zero-order valence-electron chi connectivity index (χ0n) is 24.7. The van der Waals surface area contributed by atoms with Gasteiger partial charge in [0.15, 0.2) is 0 Å². The van der Waals surface area contributed by atoms with Crippen molar-refractivity contribution in [2.24, 2.45) is 0 Å². The van der Waals surface area contributed by atoms with Crippen molar-refractivity contribution in [2.75, 3.05) is 68.1 Å². The lowest BCUT2D eigenvalue weighted by Gasteiger charge is -2.42. The Morgan fingerprint density at radius 3 is 2.71 bits per heavy atom. The first-order valence-corrected chi connectivity index (χ1v) is 15.1. The van der Waals surface area contributed by atoms with Gasteiger partial charge in [-0.1, -0.05) is 43.0 Å². The molecule has 0 saturated carbocycles. The topological polar surface area (TPSA) is 82.8 Å². The molecule has 218 valence electrons. The highest BCUT2D eigenvalue weighted by molar-refractivity contribution is 5.94. The fourth-order valence-corrected chi connectivity index (χ4v) is 6.86. The van der Waals surface area contributed by atoms with Gasteiger partial charge in [-0.15, -0.1) is 0 Å². The molecule has 2 fully saturated rings. The minimum Gasteiger partial charge on any atom is -0.365 e. The lowest BCUT2D eigenvalue weighted by atomic mass is 10.0. The average Bonchev–Trinajstić information content (AvgIpc) is 3.43. The monoisotopic (exact) mass is 564 g/mol. The van der Waals surface area contributed by atoms with E-state index >= 15 is 0 Å². The Morgan fingerprint density at radius 1 is 1.10 bits per heavy atom. The summed E-state index contributed by atoms with van der Waals surface area (Å²) in [5.74, 6) is 1.57. The lowest BCUT2D eigenvalue weighted by Crippen LogP contribution is -2.55. The van der Waals surface area contributed by atoms with Gasteiger partial charge in [-0.2, -0.15) is 10.2 Å². The van der Waals surface area contributed by atoms with Gasteiger partial charge in [-0.3, -0.25) is 4.79 Å². The number of hydrogen-bond acceptors (Lipinski definition) is 8. The number of carbonyl (C=O) groups excluding carboxylic acids is 1. The Morgan fingerprint density at radius 2 is 1.93 bits per heavy atom. The van der Waals surface area contributed by atoms with Crippen molar-refractivity contribution < 1.29 is 4.79 Å². The van der Waals surface area contributed by atoms with Crippen LogP contribution < -0.4 is 14.7 Å². The second-order valence-corrected chi connectivity index (χ2v) is 11.8. The molecule has 42 heavy (non-hydrogen) atoms. The highest BCUT2D eigenvalue weighted by Crippen LogP contribution is 2.35. The second-order valence-electron chi connectivity index (χ2n) is 11.8. The summed E-state index contributed by atoms with van der Waals surface area (Å²) in [6.45, 7) is 9.02. The smallest absolute Gasteiger partial charge is 0.246 e. The van der Waals surface area contributed by atoms with Crippen LogP contribution in [0, 0.1) is 11.3 Å². The normalized spacial score (nSPS) is 20.8. The third kappa shape index (κ3) is 5.39. The number of fused-ring (bicyclic) bond motifs is 2. The molecule has 4 heterocycles. The van der Waals surface area contributed by atoms with E-state index < -0.39 is 0 Å². The SMILES string of the molecule is C=CC(=O)N1CCN(c2nc(N(C)C[C@@H]3CCCN3C)nc3c2CCN(c2cccc4ccccc24)C3)C[C@@H]1CC#N. The van der Waals surface area contributed by atoms with E-state index in [4.69, 9.17) is 9.97 Å². The summed E-state index contributed by atoms with van der Waals surface area (Å²) >= 11 is 0. The molecule has 9 heteroatoms.